The molecule has 0 radical (unpaired) electrons. The first kappa shape index (κ1) is 27.8. The number of aliphatic hydroxyl groups is 5. The lowest BCUT2D eigenvalue weighted by Gasteiger charge is -2.41. The first-order valence-corrected chi connectivity index (χ1v) is 11.8. The van der Waals surface area contributed by atoms with E-state index in [1.165, 1.54) is 13.2 Å². The van der Waals surface area contributed by atoms with Gasteiger partial charge >= 0.3 is 11.9 Å². The monoisotopic (exact) mass is 504 g/mol. The molecule has 0 aromatic carbocycles. The van der Waals surface area contributed by atoms with Gasteiger partial charge in [-0.1, -0.05) is 13.8 Å². The Morgan fingerprint density at radius 2 is 1.89 bits per heavy atom. The number of esters is 2. The molecule has 9 atom stereocenters. The summed E-state index contributed by atoms with van der Waals surface area (Å²) in [5, 5.41) is 50.8. The van der Waals surface area contributed by atoms with Crippen LogP contribution in [0, 0.1) is 17.8 Å². The average molecular weight is 505 g/mol. The highest BCUT2D eigenvalue weighted by Gasteiger charge is 2.57. The van der Waals surface area contributed by atoms with Crippen molar-refractivity contribution in [1.29, 1.82) is 0 Å². The lowest BCUT2D eigenvalue weighted by Crippen LogP contribution is -2.59. The molecule has 5 N–H and O–H groups in total. The molecular formula is C23H36O12. The molecule has 2 aliphatic heterocycles. The number of hydrogen-bond acceptors (Lipinski definition) is 12. The summed E-state index contributed by atoms with van der Waals surface area (Å²) in [6.07, 6.45) is -5.99. The second-order valence-corrected chi connectivity index (χ2v) is 9.85. The first-order valence-electron chi connectivity index (χ1n) is 11.8. The van der Waals surface area contributed by atoms with Gasteiger partial charge in [0.05, 0.1) is 25.4 Å². The van der Waals surface area contributed by atoms with E-state index in [2.05, 4.69) is 0 Å². The highest BCUT2D eigenvalue weighted by atomic mass is 16.7. The molecule has 2 fully saturated rings. The van der Waals surface area contributed by atoms with Crippen molar-refractivity contribution in [3.05, 3.63) is 11.8 Å². The van der Waals surface area contributed by atoms with E-state index < -0.39 is 67.1 Å². The van der Waals surface area contributed by atoms with Gasteiger partial charge in [-0.3, -0.25) is 9.59 Å². The van der Waals surface area contributed by atoms with Crippen molar-refractivity contribution in [2.45, 2.75) is 82.6 Å². The van der Waals surface area contributed by atoms with Crippen molar-refractivity contribution < 1.29 is 58.8 Å². The molecule has 3 aliphatic rings. The highest BCUT2D eigenvalue weighted by Crippen LogP contribution is 2.49. The van der Waals surface area contributed by atoms with Gasteiger partial charge in [0.1, 0.15) is 36.6 Å². The summed E-state index contributed by atoms with van der Waals surface area (Å²) >= 11 is 0. The van der Waals surface area contributed by atoms with Gasteiger partial charge in [-0.2, -0.15) is 0 Å². The van der Waals surface area contributed by atoms with Gasteiger partial charge < -0.3 is 49.2 Å². The Balaban J connectivity index is 1.75. The fourth-order valence-corrected chi connectivity index (χ4v) is 4.84. The average Bonchev–Trinajstić information content (AvgIpc) is 3.14. The number of rotatable bonds is 9. The predicted molar refractivity (Wildman–Crippen MR) is 116 cm³/mol. The molecule has 0 aromatic rings. The smallest absolute Gasteiger partial charge is 0.309 e. The maximum absolute atomic E-state index is 12.3. The molecule has 3 rings (SSSR count). The van der Waals surface area contributed by atoms with Crippen LogP contribution in [-0.4, -0.2) is 99.9 Å². The van der Waals surface area contributed by atoms with Crippen LogP contribution in [0.4, 0.5) is 0 Å². The van der Waals surface area contributed by atoms with Crippen molar-refractivity contribution in [3.63, 3.8) is 0 Å². The van der Waals surface area contributed by atoms with Gasteiger partial charge in [0, 0.05) is 13.3 Å². The van der Waals surface area contributed by atoms with Crippen LogP contribution in [0.15, 0.2) is 11.8 Å². The summed E-state index contributed by atoms with van der Waals surface area (Å²) in [5.74, 6) is -2.11. The molecule has 0 aromatic heterocycles. The minimum absolute atomic E-state index is 0.0587. The zero-order valence-electron chi connectivity index (χ0n) is 20.1. The number of carbonyl (C=O) groups is 2. The topological polar surface area (TPSA) is 181 Å². The lowest BCUT2D eigenvalue weighted by molar-refractivity contribution is -0.299. The Morgan fingerprint density at radius 1 is 1.17 bits per heavy atom. The molecule has 200 valence electrons. The summed E-state index contributed by atoms with van der Waals surface area (Å²) < 4.78 is 27.3. The zero-order valence-corrected chi connectivity index (χ0v) is 20.1. The van der Waals surface area contributed by atoms with Crippen molar-refractivity contribution in [3.8, 4) is 0 Å². The SMILES string of the molecule is CC(=O)OC[C@@]1(O)CC[C@@H]2C(CO[C@@H]3O[C@H](CO)[C@@H](O)[C@H](O)[C@H]3O)=CO[C@H](OC(=O)CC(C)C)[C@@H]21. The van der Waals surface area contributed by atoms with Crippen LogP contribution in [0.3, 0.4) is 0 Å². The molecule has 12 heteroatoms. The standard InChI is InChI=1S/C23H36O12/c1-11(2)6-16(26)35-21-17-14(4-5-23(17,30)10-33-12(3)25)13(8-31-21)9-32-22-20(29)19(28)18(27)15(7-24)34-22/h8,11,14-15,17-22,24,27-30H,4-7,9-10H2,1-3H3/t14-,15-,17-,18-,19+,20-,21-,22-,23+/m1/s1. The number of ether oxygens (including phenoxy) is 5. The van der Waals surface area contributed by atoms with E-state index in [-0.39, 0.29) is 37.9 Å². The fourth-order valence-electron chi connectivity index (χ4n) is 4.84. The molecule has 1 saturated carbocycles. The number of aliphatic hydroxyl groups excluding tert-OH is 4. The second kappa shape index (κ2) is 11.5. The number of hydrogen-bond donors (Lipinski definition) is 5. The predicted octanol–water partition coefficient (Wildman–Crippen LogP) is -1.05. The minimum Gasteiger partial charge on any atom is -0.463 e. The van der Waals surface area contributed by atoms with E-state index >= 15 is 0 Å². The number of carbonyl (C=O) groups excluding carboxylic acids is 2. The quantitative estimate of drug-likeness (QED) is 0.241. The van der Waals surface area contributed by atoms with Gasteiger partial charge in [-0.05, 0) is 30.3 Å². The van der Waals surface area contributed by atoms with Crippen LogP contribution in [0.2, 0.25) is 0 Å². The van der Waals surface area contributed by atoms with Gasteiger partial charge in [-0.15, -0.1) is 0 Å². The van der Waals surface area contributed by atoms with Gasteiger partial charge in [0.15, 0.2) is 6.29 Å². The fraction of sp³-hybridized carbons (Fsp3) is 0.826. The molecule has 0 spiro atoms. The van der Waals surface area contributed by atoms with Crippen LogP contribution >= 0.6 is 0 Å². The van der Waals surface area contributed by atoms with E-state index in [0.29, 0.717) is 12.0 Å². The molecule has 1 saturated heterocycles. The lowest BCUT2D eigenvalue weighted by atomic mass is 9.81. The number of fused-ring (bicyclic) bond motifs is 1. The third-order valence-corrected chi connectivity index (χ3v) is 6.68. The molecule has 0 amide bonds. The Hall–Kier alpha value is -1.80. The Labute approximate surface area is 203 Å². The molecule has 1 aliphatic carbocycles. The van der Waals surface area contributed by atoms with E-state index in [1.807, 2.05) is 13.8 Å². The first-order chi connectivity index (χ1) is 16.5. The summed E-state index contributed by atoms with van der Waals surface area (Å²) in [6.45, 7) is 3.94. The van der Waals surface area contributed by atoms with Crippen molar-refractivity contribution in [1.82, 2.24) is 0 Å². The maximum atomic E-state index is 12.3. The normalized spacial score (nSPS) is 38.9. The zero-order chi connectivity index (χ0) is 25.9. The Bertz CT molecular complexity index is 782. The van der Waals surface area contributed by atoms with E-state index in [4.69, 9.17) is 23.7 Å². The summed E-state index contributed by atoms with van der Waals surface area (Å²) in [5.41, 5.74) is -0.941. The summed E-state index contributed by atoms with van der Waals surface area (Å²) in [4.78, 5) is 23.7. The minimum atomic E-state index is -1.58. The molecule has 0 unspecified atom stereocenters. The van der Waals surface area contributed by atoms with Crippen LogP contribution in [0.25, 0.3) is 0 Å². The molecular weight excluding hydrogens is 468 g/mol. The van der Waals surface area contributed by atoms with Gasteiger partial charge in [0.2, 0.25) is 6.29 Å². The maximum Gasteiger partial charge on any atom is 0.309 e. The largest absolute Gasteiger partial charge is 0.463 e. The van der Waals surface area contributed by atoms with Crippen molar-refractivity contribution in [2.75, 3.05) is 19.8 Å². The Kier molecular flexibility index (Phi) is 9.13. The molecule has 12 nitrogen and oxygen atoms in total. The van der Waals surface area contributed by atoms with Crippen LogP contribution < -0.4 is 0 Å². The summed E-state index contributed by atoms with van der Waals surface area (Å²) in [7, 11) is 0. The van der Waals surface area contributed by atoms with Crippen LogP contribution in [0.1, 0.15) is 40.0 Å². The van der Waals surface area contributed by atoms with E-state index in [9.17, 15) is 35.1 Å². The molecule has 2 heterocycles. The van der Waals surface area contributed by atoms with Gasteiger partial charge in [0.25, 0.3) is 0 Å². The van der Waals surface area contributed by atoms with Crippen molar-refractivity contribution in [2.24, 2.45) is 17.8 Å². The highest BCUT2D eigenvalue weighted by molar-refractivity contribution is 5.69. The van der Waals surface area contributed by atoms with Crippen LogP contribution in [0.5, 0.6) is 0 Å². The Morgan fingerprint density at radius 3 is 2.51 bits per heavy atom. The third-order valence-electron chi connectivity index (χ3n) is 6.68. The second-order valence-electron chi connectivity index (χ2n) is 9.85. The third kappa shape index (κ3) is 6.31. The molecule has 0 bridgehead atoms. The van der Waals surface area contributed by atoms with Crippen molar-refractivity contribution >= 4 is 11.9 Å². The molecule has 35 heavy (non-hydrogen) atoms. The van der Waals surface area contributed by atoms with Gasteiger partial charge in [-0.25, -0.2) is 0 Å². The van der Waals surface area contributed by atoms with Crippen LogP contribution in [-0.2, 0) is 33.3 Å². The summed E-state index contributed by atoms with van der Waals surface area (Å²) in [6, 6.07) is 0. The van der Waals surface area contributed by atoms with E-state index in [0.717, 1.165) is 0 Å². The van der Waals surface area contributed by atoms with E-state index in [1.54, 1.807) is 0 Å².